The van der Waals surface area contributed by atoms with Crippen molar-refractivity contribution in [2.24, 2.45) is 4.99 Å². The summed E-state index contributed by atoms with van der Waals surface area (Å²) in [6.07, 6.45) is 8.33. The first-order chi connectivity index (χ1) is 9.22. The van der Waals surface area contributed by atoms with Crippen molar-refractivity contribution in [1.82, 2.24) is 10.6 Å². The van der Waals surface area contributed by atoms with Crippen molar-refractivity contribution in [2.75, 3.05) is 19.7 Å². The maximum absolute atomic E-state index is 5.93. The van der Waals surface area contributed by atoms with E-state index in [9.17, 15) is 0 Å². The van der Waals surface area contributed by atoms with Gasteiger partial charge < -0.3 is 15.4 Å². The van der Waals surface area contributed by atoms with Crippen LogP contribution in [0.3, 0.4) is 0 Å². The maximum atomic E-state index is 5.93. The van der Waals surface area contributed by atoms with Gasteiger partial charge in [0.05, 0.1) is 19.3 Å². The predicted molar refractivity (Wildman–Crippen MR) is 97.1 cm³/mol. The van der Waals surface area contributed by atoms with E-state index in [-0.39, 0.29) is 24.0 Å². The summed E-state index contributed by atoms with van der Waals surface area (Å²) in [5, 5.41) is 6.56. The van der Waals surface area contributed by atoms with E-state index in [4.69, 9.17) is 4.74 Å². The minimum atomic E-state index is 0. The highest BCUT2D eigenvalue weighted by atomic mass is 127. The van der Waals surface area contributed by atoms with Crippen LogP contribution < -0.4 is 10.6 Å². The molecule has 0 atom stereocenters. The molecule has 5 heteroatoms. The highest BCUT2D eigenvalue weighted by Crippen LogP contribution is 2.19. The third-order valence-electron chi connectivity index (χ3n) is 3.29. The van der Waals surface area contributed by atoms with Crippen LogP contribution in [0.4, 0.5) is 0 Å². The number of hydrogen-bond donors (Lipinski definition) is 2. The number of halogens is 1. The average Bonchev–Trinajstić information content (AvgIpc) is 2.62. The average molecular weight is 397 g/mol. The lowest BCUT2D eigenvalue weighted by Gasteiger charge is -2.16. The molecule has 1 aliphatic carbocycles. The van der Waals surface area contributed by atoms with Gasteiger partial charge in [-0.1, -0.05) is 25.7 Å². The molecule has 0 aliphatic heterocycles. The Morgan fingerprint density at radius 1 is 1.20 bits per heavy atom. The van der Waals surface area contributed by atoms with Crippen LogP contribution in [0.25, 0.3) is 0 Å². The fraction of sp³-hybridized carbons (Fsp3) is 0.933. The number of nitrogens with zero attached hydrogens (tertiary/aromatic N) is 1. The van der Waals surface area contributed by atoms with Crippen LogP contribution in [-0.2, 0) is 4.74 Å². The summed E-state index contributed by atoms with van der Waals surface area (Å²) in [5.74, 6) is 0.891. The highest BCUT2D eigenvalue weighted by Gasteiger charge is 2.11. The van der Waals surface area contributed by atoms with E-state index in [2.05, 4.69) is 36.4 Å². The summed E-state index contributed by atoms with van der Waals surface area (Å²) >= 11 is 0. The lowest BCUT2D eigenvalue weighted by atomic mass is 10.1. The first kappa shape index (κ1) is 20.0. The maximum Gasteiger partial charge on any atom is 0.191 e. The first-order valence-corrected chi connectivity index (χ1v) is 7.88. The third-order valence-corrected chi connectivity index (χ3v) is 3.29. The molecule has 1 fully saturated rings. The number of nitrogens with one attached hydrogen (secondary N) is 2. The lowest BCUT2D eigenvalue weighted by molar-refractivity contribution is 0.0487. The number of ether oxygens (including phenoxy) is 1. The van der Waals surface area contributed by atoms with Gasteiger partial charge in [-0.25, -0.2) is 0 Å². The smallest absolute Gasteiger partial charge is 0.191 e. The molecule has 20 heavy (non-hydrogen) atoms. The van der Waals surface area contributed by atoms with Gasteiger partial charge in [-0.05, 0) is 33.6 Å². The van der Waals surface area contributed by atoms with Gasteiger partial charge in [0, 0.05) is 12.6 Å². The zero-order chi connectivity index (χ0) is 13.9. The molecule has 2 N–H and O–H groups in total. The van der Waals surface area contributed by atoms with Crippen molar-refractivity contribution < 1.29 is 4.74 Å². The Bertz CT molecular complexity index is 252. The molecule has 0 unspecified atom stereocenters. The molecule has 0 saturated heterocycles. The SMILES string of the molecule is CCNC(=NCCOC1CCCCCC1)NC(C)C.I. The van der Waals surface area contributed by atoms with Crippen molar-refractivity contribution in [3.8, 4) is 0 Å². The number of guanidine groups is 1. The zero-order valence-corrected chi connectivity index (χ0v) is 15.6. The van der Waals surface area contributed by atoms with E-state index in [1.807, 2.05) is 0 Å². The Morgan fingerprint density at radius 2 is 1.85 bits per heavy atom. The van der Waals surface area contributed by atoms with Crippen LogP contribution in [0, 0.1) is 0 Å². The second kappa shape index (κ2) is 12.7. The third kappa shape index (κ3) is 9.80. The summed E-state index contributed by atoms with van der Waals surface area (Å²) in [6.45, 7) is 8.68. The van der Waals surface area contributed by atoms with E-state index < -0.39 is 0 Å². The van der Waals surface area contributed by atoms with Crippen LogP contribution >= 0.6 is 24.0 Å². The second-order valence-electron chi connectivity index (χ2n) is 5.54. The molecule has 1 saturated carbocycles. The molecule has 0 aromatic carbocycles. The quantitative estimate of drug-likeness (QED) is 0.238. The molecule has 0 heterocycles. The zero-order valence-electron chi connectivity index (χ0n) is 13.3. The molecule has 1 rings (SSSR count). The fourth-order valence-electron chi connectivity index (χ4n) is 2.38. The van der Waals surface area contributed by atoms with Crippen molar-refractivity contribution in [2.45, 2.75) is 71.4 Å². The molecular weight excluding hydrogens is 365 g/mol. The van der Waals surface area contributed by atoms with Crippen molar-refractivity contribution in [3.63, 3.8) is 0 Å². The molecule has 120 valence electrons. The summed E-state index contributed by atoms with van der Waals surface area (Å²) in [6, 6.07) is 0.403. The lowest BCUT2D eigenvalue weighted by Crippen LogP contribution is -2.41. The highest BCUT2D eigenvalue weighted by molar-refractivity contribution is 14.0. The van der Waals surface area contributed by atoms with Gasteiger partial charge in [-0.3, -0.25) is 4.99 Å². The van der Waals surface area contributed by atoms with E-state index in [1.165, 1.54) is 38.5 Å². The molecule has 0 aromatic rings. The van der Waals surface area contributed by atoms with Gasteiger partial charge in [0.25, 0.3) is 0 Å². The summed E-state index contributed by atoms with van der Waals surface area (Å²) in [7, 11) is 0. The van der Waals surface area contributed by atoms with Crippen LogP contribution in [-0.4, -0.2) is 37.8 Å². The topological polar surface area (TPSA) is 45.7 Å². The molecule has 1 aliphatic rings. The number of aliphatic imine (C=N–C) groups is 1. The van der Waals surface area contributed by atoms with Crippen molar-refractivity contribution in [3.05, 3.63) is 0 Å². The molecular formula is C15H32IN3O. The van der Waals surface area contributed by atoms with Crippen LogP contribution in [0.2, 0.25) is 0 Å². The fourth-order valence-corrected chi connectivity index (χ4v) is 2.38. The van der Waals surface area contributed by atoms with Crippen molar-refractivity contribution >= 4 is 29.9 Å². The number of rotatable bonds is 6. The summed E-state index contributed by atoms with van der Waals surface area (Å²) in [4.78, 5) is 4.53. The summed E-state index contributed by atoms with van der Waals surface area (Å²) < 4.78 is 5.93. The van der Waals surface area contributed by atoms with E-state index in [1.54, 1.807) is 0 Å². The van der Waals surface area contributed by atoms with E-state index in [0.717, 1.165) is 25.7 Å². The van der Waals surface area contributed by atoms with Gasteiger partial charge in [0.2, 0.25) is 0 Å². The molecule has 4 nitrogen and oxygen atoms in total. The van der Waals surface area contributed by atoms with Crippen molar-refractivity contribution in [1.29, 1.82) is 0 Å². The van der Waals surface area contributed by atoms with Crippen LogP contribution in [0.1, 0.15) is 59.3 Å². The standard InChI is InChI=1S/C15H31N3O.HI/c1-4-16-15(18-13(2)3)17-11-12-19-14-9-7-5-6-8-10-14;/h13-14H,4-12H2,1-3H3,(H2,16,17,18);1H. The minimum Gasteiger partial charge on any atom is -0.376 e. The van der Waals surface area contributed by atoms with E-state index >= 15 is 0 Å². The van der Waals surface area contributed by atoms with Gasteiger partial charge in [0.1, 0.15) is 0 Å². The minimum absolute atomic E-state index is 0. The Balaban J connectivity index is 0.00000361. The van der Waals surface area contributed by atoms with E-state index in [0.29, 0.717) is 12.1 Å². The second-order valence-corrected chi connectivity index (χ2v) is 5.54. The van der Waals surface area contributed by atoms with Gasteiger partial charge in [0.15, 0.2) is 5.96 Å². The predicted octanol–water partition coefficient (Wildman–Crippen LogP) is 3.31. The van der Waals surface area contributed by atoms with Gasteiger partial charge in [-0.15, -0.1) is 24.0 Å². The van der Waals surface area contributed by atoms with Gasteiger partial charge in [-0.2, -0.15) is 0 Å². The first-order valence-electron chi connectivity index (χ1n) is 7.88. The largest absolute Gasteiger partial charge is 0.376 e. The molecule has 0 radical (unpaired) electrons. The summed E-state index contributed by atoms with van der Waals surface area (Å²) in [5.41, 5.74) is 0. The normalized spacial score (nSPS) is 17.5. The molecule has 0 spiro atoms. The Morgan fingerprint density at radius 3 is 2.40 bits per heavy atom. The van der Waals surface area contributed by atoms with Crippen LogP contribution in [0.15, 0.2) is 4.99 Å². The Labute approximate surface area is 141 Å². The van der Waals surface area contributed by atoms with Crippen LogP contribution in [0.5, 0.6) is 0 Å². The molecule has 0 aromatic heterocycles. The molecule has 0 amide bonds. The monoisotopic (exact) mass is 397 g/mol. The Kier molecular flexibility index (Phi) is 12.7. The van der Waals surface area contributed by atoms with Gasteiger partial charge >= 0.3 is 0 Å². The number of hydrogen-bond acceptors (Lipinski definition) is 2. The Hall–Kier alpha value is -0.0400. The molecule has 0 bridgehead atoms.